The van der Waals surface area contributed by atoms with Crippen LogP contribution in [0, 0.1) is 12.8 Å². The van der Waals surface area contributed by atoms with Gasteiger partial charge in [-0.25, -0.2) is 4.98 Å². The molecule has 2 aromatic rings. The zero-order valence-corrected chi connectivity index (χ0v) is 12.8. The summed E-state index contributed by atoms with van der Waals surface area (Å²) in [5.41, 5.74) is 9.23. The first-order chi connectivity index (χ1) is 9.17. The number of H-pyrrole nitrogens is 1. The van der Waals surface area contributed by atoms with Crippen molar-refractivity contribution in [1.29, 1.82) is 0 Å². The molecule has 0 unspecified atom stereocenters. The standard InChI is InChI=1S/C15H20BrN3/c1-9-6-12(16)7-13-14(9)19-15(18-13)11-4-2-10(8-17)3-5-11/h6-7,10-11H,2-5,8,17H2,1H3,(H,18,19). The first-order valence-electron chi connectivity index (χ1n) is 7.03. The highest BCUT2D eigenvalue weighted by molar-refractivity contribution is 9.10. The molecule has 3 rings (SSSR count). The molecule has 1 heterocycles. The lowest BCUT2D eigenvalue weighted by Gasteiger charge is -2.26. The highest BCUT2D eigenvalue weighted by Crippen LogP contribution is 2.35. The van der Waals surface area contributed by atoms with Gasteiger partial charge in [0.05, 0.1) is 11.0 Å². The Bertz CT molecular complexity index is 582. The molecule has 0 spiro atoms. The lowest BCUT2D eigenvalue weighted by molar-refractivity contribution is 0.326. The third-order valence-electron chi connectivity index (χ3n) is 4.33. The molecule has 4 heteroatoms. The average Bonchev–Trinajstić information content (AvgIpc) is 2.83. The van der Waals surface area contributed by atoms with Crippen molar-refractivity contribution in [2.24, 2.45) is 11.7 Å². The lowest BCUT2D eigenvalue weighted by Crippen LogP contribution is -2.21. The van der Waals surface area contributed by atoms with Gasteiger partial charge in [0.15, 0.2) is 0 Å². The predicted molar refractivity (Wildman–Crippen MR) is 82.3 cm³/mol. The van der Waals surface area contributed by atoms with Gasteiger partial charge in [0, 0.05) is 10.4 Å². The molecular formula is C15H20BrN3. The van der Waals surface area contributed by atoms with Crippen molar-refractivity contribution in [2.45, 2.75) is 38.5 Å². The Morgan fingerprint density at radius 2 is 2.05 bits per heavy atom. The van der Waals surface area contributed by atoms with Crippen molar-refractivity contribution >= 4 is 27.0 Å². The Morgan fingerprint density at radius 3 is 2.74 bits per heavy atom. The summed E-state index contributed by atoms with van der Waals surface area (Å²) in [5, 5.41) is 0. The SMILES string of the molecule is Cc1cc(Br)cc2[nH]c(C3CCC(CN)CC3)nc12. The number of benzene rings is 1. The van der Waals surface area contributed by atoms with Crippen LogP contribution in [-0.4, -0.2) is 16.5 Å². The second kappa shape index (κ2) is 5.25. The monoisotopic (exact) mass is 321 g/mol. The van der Waals surface area contributed by atoms with Crippen molar-refractivity contribution in [3.05, 3.63) is 28.0 Å². The number of fused-ring (bicyclic) bond motifs is 1. The van der Waals surface area contributed by atoms with Gasteiger partial charge >= 0.3 is 0 Å². The van der Waals surface area contributed by atoms with Gasteiger partial charge in [-0.15, -0.1) is 0 Å². The van der Waals surface area contributed by atoms with E-state index in [1.807, 2.05) is 0 Å². The number of aryl methyl sites for hydroxylation is 1. The molecule has 0 atom stereocenters. The van der Waals surface area contributed by atoms with Crippen LogP contribution in [0.5, 0.6) is 0 Å². The summed E-state index contributed by atoms with van der Waals surface area (Å²) in [5.74, 6) is 2.46. The molecule has 0 saturated heterocycles. The topological polar surface area (TPSA) is 54.7 Å². The van der Waals surface area contributed by atoms with Crippen molar-refractivity contribution in [2.75, 3.05) is 6.54 Å². The second-order valence-electron chi connectivity index (χ2n) is 5.69. The number of aromatic nitrogens is 2. The zero-order chi connectivity index (χ0) is 13.4. The molecule has 1 aliphatic rings. The van der Waals surface area contributed by atoms with E-state index in [0.29, 0.717) is 5.92 Å². The lowest BCUT2D eigenvalue weighted by atomic mass is 9.82. The molecule has 0 bridgehead atoms. The molecule has 1 saturated carbocycles. The molecule has 1 aliphatic carbocycles. The van der Waals surface area contributed by atoms with Crippen molar-refractivity contribution < 1.29 is 0 Å². The molecule has 102 valence electrons. The van der Waals surface area contributed by atoms with Gasteiger partial charge < -0.3 is 10.7 Å². The third-order valence-corrected chi connectivity index (χ3v) is 4.78. The maximum absolute atomic E-state index is 5.76. The van der Waals surface area contributed by atoms with Crippen LogP contribution in [0.4, 0.5) is 0 Å². The third kappa shape index (κ3) is 2.56. The fraction of sp³-hybridized carbons (Fsp3) is 0.533. The first kappa shape index (κ1) is 13.1. The molecule has 0 radical (unpaired) electrons. The number of nitrogens with two attached hydrogens (primary N) is 1. The number of hydrogen-bond acceptors (Lipinski definition) is 2. The Hall–Kier alpha value is -0.870. The summed E-state index contributed by atoms with van der Waals surface area (Å²) in [4.78, 5) is 8.33. The Morgan fingerprint density at radius 1 is 1.32 bits per heavy atom. The molecule has 0 amide bonds. The summed E-state index contributed by atoms with van der Waals surface area (Å²) < 4.78 is 1.11. The van der Waals surface area contributed by atoms with Gasteiger partial charge in [0.25, 0.3) is 0 Å². The predicted octanol–water partition coefficient (Wildman–Crippen LogP) is 3.87. The van der Waals surface area contributed by atoms with Gasteiger partial charge in [-0.1, -0.05) is 15.9 Å². The molecule has 1 fully saturated rings. The molecule has 1 aromatic heterocycles. The fourth-order valence-corrected chi connectivity index (χ4v) is 3.70. The number of hydrogen-bond donors (Lipinski definition) is 2. The molecular weight excluding hydrogens is 302 g/mol. The van der Waals surface area contributed by atoms with E-state index in [1.165, 1.54) is 31.2 Å². The van der Waals surface area contributed by atoms with E-state index in [1.54, 1.807) is 0 Å². The highest BCUT2D eigenvalue weighted by Gasteiger charge is 2.24. The Balaban J connectivity index is 1.88. The normalized spacial score (nSPS) is 23.9. The molecule has 3 nitrogen and oxygen atoms in total. The van der Waals surface area contributed by atoms with Crippen LogP contribution >= 0.6 is 15.9 Å². The van der Waals surface area contributed by atoms with E-state index >= 15 is 0 Å². The fourth-order valence-electron chi connectivity index (χ4n) is 3.13. The minimum atomic E-state index is 0.577. The number of halogens is 1. The number of imidazole rings is 1. The molecule has 19 heavy (non-hydrogen) atoms. The number of nitrogens with zero attached hydrogens (tertiary/aromatic N) is 1. The Labute approximate surface area is 122 Å². The minimum Gasteiger partial charge on any atom is -0.342 e. The van der Waals surface area contributed by atoms with Crippen LogP contribution < -0.4 is 5.73 Å². The molecule has 1 aromatic carbocycles. The summed E-state index contributed by atoms with van der Waals surface area (Å²) in [6, 6.07) is 4.24. The van der Waals surface area contributed by atoms with Crippen molar-refractivity contribution in [3.63, 3.8) is 0 Å². The Kier molecular flexibility index (Phi) is 3.63. The largest absolute Gasteiger partial charge is 0.342 e. The van der Waals surface area contributed by atoms with Gasteiger partial charge in [-0.3, -0.25) is 0 Å². The van der Waals surface area contributed by atoms with Crippen LogP contribution in [0.25, 0.3) is 11.0 Å². The number of aromatic amines is 1. The van der Waals surface area contributed by atoms with E-state index in [2.05, 4.69) is 40.0 Å². The smallest absolute Gasteiger partial charge is 0.110 e. The van der Waals surface area contributed by atoms with E-state index in [0.717, 1.165) is 33.8 Å². The van der Waals surface area contributed by atoms with Crippen molar-refractivity contribution in [3.8, 4) is 0 Å². The van der Waals surface area contributed by atoms with Gasteiger partial charge in [-0.2, -0.15) is 0 Å². The van der Waals surface area contributed by atoms with E-state index in [-0.39, 0.29) is 0 Å². The number of nitrogens with one attached hydrogen (secondary N) is 1. The van der Waals surface area contributed by atoms with E-state index in [4.69, 9.17) is 10.7 Å². The van der Waals surface area contributed by atoms with Gasteiger partial charge in [0.2, 0.25) is 0 Å². The van der Waals surface area contributed by atoms with Crippen LogP contribution in [0.2, 0.25) is 0 Å². The summed E-state index contributed by atoms with van der Waals surface area (Å²) >= 11 is 3.54. The second-order valence-corrected chi connectivity index (χ2v) is 6.61. The van der Waals surface area contributed by atoms with Crippen molar-refractivity contribution in [1.82, 2.24) is 9.97 Å². The van der Waals surface area contributed by atoms with Crippen LogP contribution in [0.3, 0.4) is 0 Å². The first-order valence-corrected chi connectivity index (χ1v) is 7.82. The van der Waals surface area contributed by atoms with Crippen LogP contribution in [-0.2, 0) is 0 Å². The van der Waals surface area contributed by atoms with E-state index in [9.17, 15) is 0 Å². The maximum atomic E-state index is 5.76. The molecule has 0 aliphatic heterocycles. The zero-order valence-electron chi connectivity index (χ0n) is 11.2. The van der Waals surface area contributed by atoms with Gasteiger partial charge in [-0.05, 0) is 62.8 Å². The highest BCUT2D eigenvalue weighted by atomic mass is 79.9. The van der Waals surface area contributed by atoms with Gasteiger partial charge in [0.1, 0.15) is 5.82 Å². The molecule has 3 N–H and O–H groups in total. The van der Waals surface area contributed by atoms with Crippen LogP contribution in [0.15, 0.2) is 16.6 Å². The number of rotatable bonds is 2. The summed E-state index contributed by atoms with van der Waals surface area (Å²) in [7, 11) is 0. The minimum absolute atomic E-state index is 0.577. The summed E-state index contributed by atoms with van der Waals surface area (Å²) in [6.45, 7) is 2.95. The van der Waals surface area contributed by atoms with E-state index < -0.39 is 0 Å². The maximum Gasteiger partial charge on any atom is 0.110 e. The average molecular weight is 322 g/mol. The van der Waals surface area contributed by atoms with Crippen LogP contribution in [0.1, 0.15) is 43.0 Å². The summed E-state index contributed by atoms with van der Waals surface area (Å²) in [6.07, 6.45) is 4.89. The quantitative estimate of drug-likeness (QED) is 0.882.